The lowest BCUT2D eigenvalue weighted by atomic mass is 10.1. The average Bonchev–Trinajstić information content (AvgIpc) is 3.46. The van der Waals surface area contributed by atoms with Gasteiger partial charge in [0.15, 0.2) is 11.5 Å². The fourth-order valence-corrected chi connectivity index (χ4v) is 3.67. The maximum Gasteiger partial charge on any atom is 0.160 e. The molecule has 8 nitrogen and oxygen atoms in total. The van der Waals surface area contributed by atoms with Gasteiger partial charge in [0.25, 0.3) is 0 Å². The highest BCUT2D eigenvalue weighted by atomic mass is 16.5. The van der Waals surface area contributed by atoms with Gasteiger partial charge in [-0.05, 0) is 19.4 Å². The van der Waals surface area contributed by atoms with Crippen molar-refractivity contribution in [3.8, 4) is 5.82 Å². The van der Waals surface area contributed by atoms with E-state index < -0.39 is 0 Å². The lowest BCUT2D eigenvalue weighted by Gasteiger charge is -2.29. The first-order valence-electron chi connectivity index (χ1n) is 11.1. The minimum absolute atomic E-state index is 0.0705. The van der Waals surface area contributed by atoms with Crippen molar-refractivity contribution < 1.29 is 9.84 Å². The average molecular weight is 435 g/mol. The zero-order chi connectivity index (χ0) is 22.3. The molecule has 0 aliphatic carbocycles. The number of morpholine rings is 1. The van der Waals surface area contributed by atoms with Crippen LogP contribution in [0, 0.1) is 0 Å². The lowest BCUT2D eigenvalue weighted by molar-refractivity contribution is 0.122. The third-order valence-electron chi connectivity index (χ3n) is 5.27. The van der Waals surface area contributed by atoms with E-state index in [1.807, 2.05) is 41.9 Å². The maximum atomic E-state index is 9.22. The summed E-state index contributed by atoms with van der Waals surface area (Å²) in [6.07, 6.45) is 13.7. The summed E-state index contributed by atoms with van der Waals surface area (Å²) in [5, 5.41) is 18.7. The minimum Gasteiger partial charge on any atom is -0.396 e. The third kappa shape index (κ3) is 4.81. The van der Waals surface area contributed by atoms with Gasteiger partial charge in [-0.2, -0.15) is 14.7 Å². The number of anilines is 1. The van der Waals surface area contributed by atoms with E-state index in [0.717, 1.165) is 53.8 Å². The first-order chi connectivity index (χ1) is 15.7. The van der Waals surface area contributed by atoms with Crippen LogP contribution in [0.1, 0.15) is 31.7 Å². The number of aliphatic hydroxyl groups excluding tert-OH is 1. The highest BCUT2D eigenvalue weighted by Crippen LogP contribution is 2.24. The molecule has 0 bridgehead atoms. The van der Waals surface area contributed by atoms with Gasteiger partial charge in [-0.25, -0.2) is 9.67 Å². The molecule has 0 saturated carbocycles. The smallest absolute Gasteiger partial charge is 0.160 e. The van der Waals surface area contributed by atoms with Gasteiger partial charge in [-0.1, -0.05) is 37.3 Å². The summed E-state index contributed by atoms with van der Waals surface area (Å²) in [4.78, 5) is 7.12. The van der Waals surface area contributed by atoms with E-state index >= 15 is 0 Å². The molecule has 1 aliphatic rings. The van der Waals surface area contributed by atoms with Crippen LogP contribution in [0.3, 0.4) is 0 Å². The number of hydrogen-bond acceptors (Lipinski definition) is 6. The fraction of sp³-hybridized carbons (Fsp3) is 0.375. The number of rotatable bonds is 8. The molecule has 0 spiro atoms. The van der Waals surface area contributed by atoms with Gasteiger partial charge in [0.05, 0.1) is 24.6 Å². The molecule has 4 rings (SSSR count). The van der Waals surface area contributed by atoms with Crippen molar-refractivity contribution in [2.45, 2.75) is 26.7 Å². The maximum absolute atomic E-state index is 9.22. The van der Waals surface area contributed by atoms with Crippen molar-refractivity contribution >= 4 is 17.0 Å². The van der Waals surface area contributed by atoms with Crippen molar-refractivity contribution in [3.63, 3.8) is 0 Å². The second kappa shape index (κ2) is 10.4. The van der Waals surface area contributed by atoms with Crippen molar-refractivity contribution in [1.82, 2.24) is 24.4 Å². The predicted molar refractivity (Wildman–Crippen MR) is 126 cm³/mol. The molecular weight excluding hydrogens is 404 g/mol. The Kier molecular flexibility index (Phi) is 7.14. The Morgan fingerprint density at radius 3 is 2.81 bits per heavy atom. The molecular formula is C24H30N6O2. The van der Waals surface area contributed by atoms with Crippen LogP contribution >= 0.6 is 0 Å². The Morgan fingerprint density at radius 2 is 2.06 bits per heavy atom. The molecule has 1 saturated heterocycles. The Balaban J connectivity index is 1.82. The van der Waals surface area contributed by atoms with Crippen LogP contribution in [0.15, 0.2) is 54.8 Å². The Morgan fingerprint density at radius 1 is 1.22 bits per heavy atom. The molecule has 32 heavy (non-hydrogen) atoms. The van der Waals surface area contributed by atoms with Gasteiger partial charge in [-0.3, -0.25) is 0 Å². The molecule has 1 aliphatic heterocycles. The summed E-state index contributed by atoms with van der Waals surface area (Å²) in [5.41, 5.74) is 3.48. The summed E-state index contributed by atoms with van der Waals surface area (Å²) < 4.78 is 9.22. The Bertz CT molecular complexity index is 1130. The molecule has 3 aromatic rings. The zero-order valence-electron chi connectivity index (χ0n) is 18.7. The topological polar surface area (TPSA) is 80.7 Å². The largest absolute Gasteiger partial charge is 0.396 e. The number of aromatic nitrogens is 5. The fourth-order valence-electron chi connectivity index (χ4n) is 3.67. The molecule has 0 unspecified atom stereocenters. The molecule has 0 amide bonds. The summed E-state index contributed by atoms with van der Waals surface area (Å²) in [6, 6.07) is 5.93. The van der Waals surface area contributed by atoms with E-state index in [1.54, 1.807) is 4.68 Å². The van der Waals surface area contributed by atoms with E-state index in [-0.39, 0.29) is 6.61 Å². The molecule has 4 heterocycles. The van der Waals surface area contributed by atoms with Crippen molar-refractivity contribution in [2.75, 3.05) is 37.8 Å². The number of hydrogen-bond donors (Lipinski definition) is 1. The quantitative estimate of drug-likeness (QED) is 0.549. The first kappa shape index (κ1) is 22.0. The number of ether oxygens (including phenoxy) is 1. The van der Waals surface area contributed by atoms with E-state index in [9.17, 15) is 5.11 Å². The Hall–Kier alpha value is -3.23. The van der Waals surface area contributed by atoms with Crippen LogP contribution in [0.2, 0.25) is 0 Å². The summed E-state index contributed by atoms with van der Waals surface area (Å²) in [5.74, 6) is 1.68. The zero-order valence-corrected chi connectivity index (χ0v) is 18.7. The summed E-state index contributed by atoms with van der Waals surface area (Å²) in [6.45, 7) is 7.14. The Labute approximate surface area is 188 Å². The van der Waals surface area contributed by atoms with E-state index in [0.29, 0.717) is 19.6 Å². The van der Waals surface area contributed by atoms with Gasteiger partial charge >= 0.3 is 0 Å². The van der Waals surface area contributed by atoms with Crippen LogP contribution in [-0.2, 0) is 11.2 Å². The number of nitrogens with zero attached hydrogens (tertiary/aromatic N) is 6. The van der Waals surface area contributed by atoms with Crippen molar-refractivity contribution in [2.24, 2.45) is 0 Å². The minimum atomic E-state index is 0.0705. The van der Waals surface area contributed by atoms with Crippen LogP contribution in [-0.4, -0.2) is 62.4 Å². The van der Waals surface area contributed by atoms with Crippen LogP contribution in [0.5, 0.6) is 0 Å². The SMILES string of the molecule is C\C=C/C(=C\C=C\CC)c1cc2nc(-n3ccc(CCO)n3)cc(N3CCOCC3)n2n1. The van der Waals surface area contributed by atoms with Crippen molar-refractivity contribution in [3.05, 3.63) is 66.2 Å². The molecule has 1 fully saturated rings. The van der Waals surface area contributed by atoms with Crippen LogP contribution in [0.25, 0.3) is 17.0 Å². The normalized spacial score (nSPS) is 15.6. The van der Waals surface area contributed by atoms with Gasteiger partial charge in [0, 0.05) is 50.0 Å². The van der Waals surface area contributed by atoms with Crippen LogP contribution < -0.4 is 4.90 Å². The highest BCUT2D eigenvalue weighted by Gasteiger charge is 2.19. The van der Waals surface area contributed by atoms with E-state index in [1.165, 1.54) is 0 Å². The predicted octanol–water partition coefficient (Wildman–Crippen LogP) is 3.21. The monoisotopic (exact) mass is 434 g/mol. The number of aliphatic hydroxyl groups is 1. The molecule has 0 radical (unpaired) electrons. The molecule has 3 aromatic heterocycles. The summed E-state index contributed by atoms with van der Waals surface area (Å²) in [7, 11) is 0. The molecule has 0 aromatic carbocycles. The second-order valence-corrected chi connectivity index (χ2v) is 7.56. The van der Waals surface area contributed by atoms with Gasteiger partial charge in [-0.15, -0.1) is 0 Å². The van der Waals surface area contributed by atoms with Gasteiger partial charge < -0.3 is 14.7 Å². The van der Waals surface area contributed by atoms with Gasteiger partial charge in [0.2, 0.25) is 0 Å². The second-order valence-electron chi connectivity index (χ2n) is 7.56. The van der Waals surface area contributed by atoms with Crippen LogP contribution in [0.4, 0.5) is 5.82 Å². The molecule has 8 heteroatoms. The van der Waals surface area contributed by atoms with E-state index in [2.05, 4.69) is 41.2 Å². The summed E-state index contributed by atoms with van der Waals surface area (Å²) >= 11 is 0. The standard InChI is InChI=1S/C24H30N6O2/c1-3-5-6-8-19(7-4-2)21-17-23-25-22(29-11-9-20(26-29)10-14-31)18-24(30(23)27-21)28-12-15-32-16-13-28/h4-9,11,17-18,31H,3,10,12-16H2,1-2H3/b6-5+,7-4-,19-8+. The molecule has 0 atom stereocenters. The van der Waals surface area contributed by atoms with Crippen molar-refractivity contribution in [1.29, 1.82) is 0 Å². The molecule has 1 N–H and O–H groups in total. The number of fused-ring (bicyclic) bond motifs is 1. The lowest BCUT2D eigenvalue weighted by Crippen LogP contribution is -2.37. The third-order valence-corrected chi connectivity index (χ3v) is 5.27. The first-order valence-corrected chi connectivity index (χ1v) is 11.1. The number of allylic oxidation sites excluding steroid dienone is 6. The highest BCUT2D eigenvalue weighted by molar-refractivity contribution is 5.75. The van der Waals surface area contributed by atoms with E-state index in [4.69, 9.17) is 14.8 Å². The molecule has 168 valence electrons. The van der Waals surface area contributed by atoms with Gasteiger partial charge in [0.1, 0.15) is 5.82 Å².